The van der Waals surface area contributed by atoms with Crippen molar-refractivity contribution in [3.63, 3.8) is 0 Å². The first-order valence-electron chi connectivity index (χ1n) is 6.40. The maximum atomic E-state index is 4.69. The van der Waals surface area contributed by atoms with Crippen molar-refractivity contribution in [2.45, 2.75) is 19.8 Å². The molecule has 0 aliphatic carbocycles. The van der Waals surface area contributed by atoms with E-state index in [2.05, 4.69) is 17.2 Å². The van der Waals surface area contributed by atoms with Crippen molar-refractivity contribution in [2.24, 2.45) is 5.92 Å². The summed E-state index contributed by atoms with van der Waals surface area (Å²) in [6, 6.07) is 4.05. The molecule has 1 atom stereocenters. The first kappa shape index (κ1) is 11.8. The smallest absolute Gasteiger partial charge is 0.123 e. The van der Waals surface area contributed by atoms with Crippen LogP contribution in [0.3, 0.4) is 0 Å². The molecule has 1 N–H and O–H groups in total. The Kier molecular flexibility index (Phi) is 3.39. The van der Waals surface area contributed by atoms with Crippen LogP contribution in [0.4, 0.5) is 0 Å². The number of pyridine rings is 1. The number of hydrogen-bond acceptors (Lipinski definition) is 4. The minimum absolute atomic E-state index is 0.787. The predicted octanol–water partition coefficient (Wildman–Crippen LogP) is 2.67. The van der Waals surface area contributed by atoms with Crippen molar-refractivity contribution < 1.29 is 0 Å². The summed E-state index contributed by atoms with van der Waals surface area (Å²) < 4.78 is 0. The summed E-state index contributed by atoms with van der Waals surface area (Å²) in [7, 11) is 0. The fraction of sp³-hybridized carbons (Fsp3) is 0.429. The topological polar surface area (TPSA) is 37.8 Å². The predicted molar refractivity (Wildman–Crippen MR) is 74.8 cm³/mol. The summed E-state index contributed by atoms with van der Waals surface area (Å²) >= 11 is 1.83. The summed E-state index contributed by atoms with van der Waals surface area (Å²) in [6.07, 6.45) is 6.11. The van der Waals surface area contributed by atoms with Crippen LogP contribution in [-0.4, -0.2) is 23.1 Å². The molecule has 1 saturated heterocycles. The van der Waals surface area contributed by atoms with Gasteiger partial charge in [0.1, 0.15) is 5.01 Å². The largest absolute Gasteiger partial charge is 0.316 e. The van der Waals surface area contributed by atoms with Crippen LogP contribution >= 0.6 is 11.3 Å². The second kappa shape index (κ2) is 5.16. The highest BCUT2D eigenvalue weighted by Crippen LogP contribution is 2.30. The van der Waals surface area contributed by atoms with Crippen LogP contribution in [0.5, 0.6) is 0 Å². The zero-order valence-electron chi connectivity index (χ0n) is 10.5. The van der Waals surface area contributed by atoms with Gasteiger partial charge in [0, 0.05) is 22.8 Å². The first-order valence-corrected chi connectivity index (χ1v) is 7.22. The highest BCUT2D eigenvalue weighted by molar-refractivity contribution is 7.15. The van der Waals surface area contributed by atoms with E-state index in [0.29, 0.717) is 0 Å². The van der Waals surface area contributed by atoms with Gasteiger partial charge in [0.05, 0.1) is 5.69 Å². The number of hydrogen-bond donors (Lipinski definition) is 1. The maximum absolute atomic E-state index is 4.69. The van der Waals surface area contributed by atoms with Crippen molar-refractivity contribution in [1.82, 2.24) is 15.3 Å². The Labute approximate surface area is 111 Å². The lowest BCUT2D eigenvalue weighted by Gasteiger charge is -2.05. The molecule has 0 amide bonds. The van der Waals surface area contributed by atoms with Crippen molar-refractivity contribution in [2.75, 3.05) is 13.1 Å². The number of nitrogens with one attached hydrogen (secondary N) is 1. The quantitative estimate of drug-likeness (QED) is 0.921. The third kappa shape index (κ3) is 2.44. The monoisotopic (exact) mass is 259 g/mol. The van der Waals surface area contributed by atoms with Crippen molar-refractivity contribution in [3.05, 3.63) is 35.1 Å². The van der Waals surface area contributed by atoms with E-state index in [-0.39, 0.29) is 0 Å². The highest BCUT2D eigenvalue weighted by Gasteiger charge is 2.18. The van der Waals surface area contributed by atoms with Crippen LogP contribution in [0.25, 0.3) is 10.6 Å². The molecule has 0 bridgehead atoms. The van der Waals surface area contributed by atoms with Gasteiger partial charge in [-0.3, -0.25) is 4.98 Å². The number of aromatic nitrogens is 2. The molecule has 18 heavy (non-hydrogen) atoms. The Morgan fingerprint density at radius 2 is 2.22 bits per heavy atom. The van der Waals surface area contributed by atoms with Gasteiger partial charge in [0.15, 0.2) is 0 Å². The molecule has 0 radical (unpaired) electrons. The van der Waals surface area contributed by atoms with E-state index in [0.717, 1.165) is 17.5 Å². The average molecular weight is 259 g/mol. The number of nitrogens with zero attached hydrogens (tertiary/aromatic N) is 2. The maximum Gasteiger partial charge on any atom is 0.123 e. The lowest BCUT2D eigenvalue weighted by molar-refractivity contribution is 0.583. The summed E-state index contributed by atoms with van der Waals surface area (Å²) in [5, 5.41) is 4.55. The second-order valence-corrected chi connectivity index (χ2v) is 5.91. The zero-order valence-corrected chi connectivity index (χ0v) is 11.3. The van der Waals surface area contributed by atoms with Crippen LogP contribution < -0.4 is 5.32 Å². The Hall–Kier alpha value is -1.26. The molecule has 2 aromatic heterocycles. The molecular formula is C14H17N3S. The van der Waals surface area contributed by atoms with E-state index < -0.39 is 0 Å². The molecule has 2 aromatic rings. The summed E-state index contributed by atoms with van der Waals surface area (Å²) in [5.74, 6) is 0.787. The lowest BCUT2D eigenvalue weighted by atomic mass is 10.0. The second-order valence-electron chi connectivity index (χ2n) is 4.83. The highest BCUT2D eigenvalue weighted by atomic mass is 32.1. The molecule has 1 fully saturated rings. The van der Waals surface area contributed by atoms with Gasteiger partial charge in [0.2, 0.25) is 0 Å². The molecular weight excluding hydrogens is 242 g/mol. The molecule has 3 nitrogen and oxygen atoms in total. The van der Waals surface area contributed by atoms with Crippen molar-refractivity contribution >= 4 is 11.3 Å². The minimum atomic E-state index is 0.787. The van der Waals surface area contributed by atoms with Gasteiger partial charge in [-0.25, -0.2) is 4.98 Å². The van der Waals surface area contributed by atoms with Gasteiger partial charge in [-0.1, -0.05) is 0 Å². The molecule has 3 heterocycles. The Morgan fingerprint density at radius 1 is 1.39 bits per heavy atom. The number of rotatable bonds is 3. The lowest BCUT2D eigenvalue weighted by Crippen LogP contribution is -2.10. The summed E-state index contributed by atoms with van der Waals surface area (Å²) in [6.45, 7) is 4.45. The van der Waals surface area contributed by atoms with Gasteiger partial charge in [-0.2, -0.15) is 0 Å². The minimum Gasteiger partial charge on any atom is -0.316 e. The van der Waals surface area contributed by atoms with Gasteiger partial charge >= 0.3 is 0 Å². The molecule has 1 unspecified atom stereocenters. The van der Waals surface area contributed by atoms with Crippen molar-refractivity contribution in [3.8, 4) is 10.6 Å². The molecule has 1 aliphatic rings. The zero-order chi connectivity index (χ0) is 12.4. The van der Waals surface area contributed by atoms with Crippen LogP contribution in [0.1, 0.15) is 17.0 Å². The van der Waals surface area contributed by atoms with Crippen LogP contribution in [-0.2, 0) is 6.42 Å². The standard InChI is InChI=1S/C14H17N3S/c1-10-13(8-11-2-5-16-9-11)18-14(17-10)12-3-6-15-7-4-12/h3-4,6-7,11,16H,2,5,8-9H2,1H3. The fourth-order valence-electron chi connectivity index (χ4n) is 2.39. The Bertz CT molecular complexity index is 515. The first-order chi connectivity index (χ1) is 8.83. The van der Waals surface area contributed by atoms with E-state index in [1.165, 1.54) is 35.5 Å². The summed E-state index contributed by atoms with van der Waals surface area (Å²) in [5.41, 5.74) is 2.37. The molecule has 3 rings (SSSR count). The molecule has 1 aliphatic heterocycles. The van der Waals surface area contributed by atoms with E-state index in [1.54, 1.807) is 0 Å². The number of thiazole rings is 1. The van der Waals surface area contributed by atoms with E-state index in [4.69, 9.17) is 4.98 Å². The average Bonchev–Trinajstić information content (AvgIpc) is 3.02. The summed E-state index contributed by atoms with van der Waals surface area (Å²) in [4.78, 5) is 10.2. The van der Waals surface area contributed by atoms with Crippen LogP contribution in [0, 0.1) is 12.8 Å². The van der Waals surface area contributed by atoms with E-state index in [1.807, 2.05) is 35.9 Å². The molecule has 0 saturated carbocycles. The SMILES string of the molecule is Cc1nc(-c2ccncc2)sc1CC1CCNC1. The normalized spacial score (nSPS) is 19.3. The molecule has 0 spiro atoms. The van der Waals surface area contributed by atoms with Gasteiger partial charge in [-0.05, 0) is 50.9 Å². The number of aryl methyl sites for hydroxylation is 1. The molecule has 94 valence electrons. The third-order valence-electron chi connectivity index (χ3n) is 3.46. The Morgan fingerprint density at radius 3 is 2.94 bits per heavy atom. The van der Waals surface area contributed by atoms with Gasteiger partial charge in [0.25, 0.3) is 0 Å². The molecule has 4 heteroatoms. The van der Waals surface area contributed by atoms with Crippen molar-refractivity contribution in [1.29, 1.82) is 0 Å². The van der Waals surface area contributed by atoms with E-state index in [9.17, 15) is 0 Å². The third-order valence-corrected chi connectivity index (χ3v) is 4.69. The fourth-order valence-corrected chi connectivity index (χ4v) is 3.57. The van der Waals surface area contributed by atoms with Gasteiger partial charge < -0.3 is 5.32 Å². The van der Waals surface area contributed by atoms with Gasteiger partial charge in [-0.15, -0.1) is 11.3 Å². The van der Waals surface area contributed by atoms with E-state index >= 15 is 0 Å². The van der Waals surface area contributed by atoms with Crippen LogP contribution in [0.2, 0.25) is 0 Å². The van der Waals surface area contributed by atoms with Crippen LogP contribution in [0.15, 0.2) is 24.5 Å². The molecule has 0 aromatic carbocycles. The Balaban J connectivity index is 1.82.